The number of imidazole rings is 1. The van der Waals surface area contributed by atoms with Crippen molar-refractivity contribution in [2.45, 2.75) is 25.8 Å². The molecule has 126 valence electrons. The summed E-state index contributed by atoms with van der Waals surface area (Å²) >= 11 is 1.75. The highest BCUT2D eigenvalue weighted by Crippen LogP contribution is 2.31. The van der Waals surface area contributed by atoms with Crippen molar-refractivity contribution < 1.29 is 0 Å². The van der Waals surface area contributed by atoms with E-state index < -0.39 is 0 Å². The first-order chi connectivity index (χ1) is 12.2. The molecule has 3 heterocycles. The minimum absolute atomic E-state index is 0.0846. The summed E-state index contributed by atoms with van der Waals surface area (Å²) in [6.45, 7) is 4.35. The number of fused-ring (bicyclic) bond motifs is 1. The normalized spacial score (nSPS) is 12.6. The van der Waals surface area contributed by atoms with Crippen molar-refractivity contribution in [3.8, 4) is 0 Å². The molecule has 1 unspecified atom stereocenters. The van der Waals surface area contributed by atoms with Gasteiger partial charge in [-0.05, 0) is 24.3 Å². The number of hydrogen-bond donors (Lipinski definition) is 2. The number of benzene rings is 1. The number of pyridine rings is 1. The average Bonchev–Trinajstić information content (AvgIpc) is 3.29. The maximum absolute atomic E-state index is 4.70. The Morgan fingerprint density at radius 1 is 1.16 bits per heavy atom. The van der Waals surface area contributed by atoms with Gasteiger partial charge in [0.25, 0.3) is 0 Å². The minimum atomic E-state index is -0.0846. The number of anilines is 1. The number of thiazole rings is 1. The molecule has 0 spiro atoms. The monoisotopic (exact) mass is 349 g/mol. The van der Waals surface area contributed by atoms with E-state index in [4.69, 9.17) is 4.98 Å². The van der Waals surface area contributed by atoms with Crippen molar-refractivity contribution in [2.75, 3.05) is 5.32 Å². The summed E-state index contributed by atoms with van der Waals surface area (Å²) in [5.41, 5.74) is 3.15. The zero-order valence-electron chi connectivity index (χ0n) is 14.1. The molecule has 5 nitrogen and oxygen atoms in total. The minimum Gasteiger partial charge on any atom is -0.371 e. The molecule has 1 atom stereocenters. The summed E-state index contributed by atoms with van der Waals surface area (Å²) in [5, 5.41) is 4.74. The molecule has 2 N–H and O–H groups in total. The smallest absolute Gasteiger partial charge is 0.133 e. The number of hydrogen-bond acceptors (Lipinski definition) is 5. The van der Waals surface area contributed by atoms with Gasteiger partial charge in [0.15, 0.2) is 0 Å². The fourth-order valence-electron chi connectivity index (χ4n) is 2.74. The van der Waals surface area contributed by atoms with Gasteiger partial charge in [-0.2, -0.15) is 0 Å². The molecule has 25 heavy (non-hydrogen) atoms. The average molecular weight is 349 g/mol. The Kier molecular flexibility index (Phi) is 4.19. The largest absolute Gasteiger partial charge is 0.371 e. The zero-order valence-corrected chi connectivity index (χ0v) is 14.9. The number of H-pyrrole nitrogens is 1. The Labute approximate surface area is 150 Å². The van der Waals surface area contributed by atoms with Gasteiger partial charge < -0.3 is 10.3 Å². The Morgan fingerprint density at radius 3 is 2.80 bits per heavy atom. The van der Waals surface area contributed by atoms with Gasteiger partial charge in [-0.1, -0.05) is 19.9 Å². The van der Waals surface area contributed by atoms with Gasteiger partial charge in [0, 0.05) is 42.0 Å². The molecular formula is C19H19N5S. The highest BCUT2D eigenvalue weighted by atomic mass is 32.1. The Hall–Kier alpha value is -2.73. The van der Waals surface area contributed by atoms with E-state index in [0.29, 0.717) is 5.92 Å². The summed E-state index contributed by atoms with van der Waals surface area (Å²) < 4.78 is 1.19. The molecule has 0 saturated carbocycles. The molecule has 0 aliphatic rings. The lowest BCUT2D eigenvalue weighted by molar-refractivity contribution is 0.848. The number of nitrogens with zero attached hydrogens (tertiary/aromatic N) is 3. The fraction of sp³-hybridized carbons (Fsp3) is 0.211. The van der Waals surface area contributed by atoms with Crippen LogP contribution in [0.5, 0.6) is 0 Å². The molecule has 0 amide bonds. The third kappa shape index (κ3) is 3.25. The number of aromatic nitrogens is 4. The van der Waals surface area contributed by atoms with Crippen LogP contribution in [0.1, 0.15) is 42.2 Å². The van der Waals surface area contributed by atoms with Gasteiger partial charge in [-0.3, -0.25) is 4.98 Å². The molecular weight excluding hydrogens is 330 g/mol. The quantitative estimate of drug-likeness (QED) is 0.546. The molecule has 0 saturated heterocycles. The lowest BCUT2D eigenvalue weighted by atomic mass is 10.1. The third-order valence-corrected chi connectivity index (χ3v) is 5.34. The molecule has 6 heteroatoms. The zero-order chi connectivity index (χ0) is 17.2. The van der Waals surface area contributed by atoms with Crippen LogP contribution in [0.3, 0.4) is 0 Å². The molecule has 0 aliphatic heterocycles. The molecule has 4 rings (SSSR count). The molecule has 4 aromatic rings. The predicted molar refractivity (Wildman–Crippen MR) is 102 cm³/mol. The standard InChI is InChI=1S/C19H19N5S/c1-12(2)19-24-15-6-5-14(10-16(15)25-19)23-17(18-21-8-9-22-18)13-4-3-7-20-11-13/h3-12,17,23H,1-2H3,(H,21,22). The van der Waals surface area contributed by atoms with Crippen molar-refractivity contribution in [2.24, 2.45) is 0 Å². The van der Waals surface area contributed by atoms with Crippen molar-refractivity contribution in [1.29, 1.82) is 0 Å². The second-order valence-electron chi connectivity index (χ2n) is 6.23. The molecule has 0 radical (unpaired) electrons. The molecule has 3 aromatic heterocycles. The van der Waals surface area contributed by atoms with Crippen molar-refractivity contribution in [1.82, 2.24) is 19.9 Å². The van der Waals surface area contributed by atoms with Crippen LogP contribution >= 0.6 is 11.3 Å². The van der Waals surface area contributed by atoms with E-state index in [1.807, 2.05) is 18.5 Å². The van der Waals surface area contributed by atoms with Gasteiger partial charge in [0.05, 0.1) is 15.2 Å². The lowest BCUT2D eigenvalue weighted by Gasteiger charge is -2.18. The van der Waals surface area contributed by atoms with Crippen LogP contribution in [-0.4, -0.2) is 19.9 Å². The summed E-state index contributed by atoms with van der Waals surface area (Å²) in [5.74, 6) is 1.31. The summed E-state index contributed by atoms with van der Waals surface area (Å²) in [6, 6.07) is 10.2. The maximum Gasteiger partial charge on any atom is 0.133 e. The van der Waals surface area contributed by atoms with E-state index in [-0.39, 0.29) is 6.04 Å². The van der Waals surface area contributed by atoms with E-state index in [0.717, 1.165) is 22.6 Å². The first kappa shape index (κ1) is 15.8. The third-order valence-electron chi connectivity index (χ3n) is 4.02. The van der Waals surface area contributed by atoms with Crippen LogP contribution in [0.25, 0.3) is 10.2 Å². The highest BCUT2D eigenvalue weighted by Gasteiger charge is 2.17. The van der Waals surface area contributed by atoms with E-state index >= 15 is 0 Å². The first-order valence-electron chi connectivity index (χ1n) is 8.27. The molecule has 0 bridgehead atoms. The van der Waals surface area contributed by atoms with Gasteiger partial charge in [-0.25, -0.2) is 9.97 Å². The Balaban J connectivity index is 1.69. The van der Waals surface area contributed by atoms with Crippen LogP contribution in [0, 0.1) is 0 Å². The van der Waals surface area contributed by atoms with Gasteiger partial charge in [0.2, 0.25) is 0 Å². The van der Waals surface area contributed by atoms with E-state index in [1.165, 1.54) is 9.71 Å². The van der Waals surface area contributed by atoms with E-state index in [9.17, 15) is 0 Å². The van der Waals surface area contributed by atoms with Crippen LogP contribution in [0.4, 0.5) is 5.69 Å². The topological polar surface area (TPSA) is 66.5 Å². The fourth-order valence-corrected chi connectivity index (χ4v) is 3.75. The summed E-state index contributed by atoms with van der Waals surface area (Å²) in [6.07, 6.45) is 7.24. The summed E-state index contributed by atoms with van der Waals surface area (Å²) in [7, 11) is 0. The van der Waals surface area contributed by atoms with Gasteiger partial charge in [0.1, 0.15) is 11.9 Å². The van der Waals surface area contributed by atoms with E-state index in [2.05, 4.69) is 58.4 Å². The van der Waals surface area contributed by atoms with Gasteiger partial charge >= 0.3 is 0 Å². The molecule has 0 fully saturated rings. The number of rotatable bonds is 5. The van der Waals surface area contributed by atoms with Crippen LogP contribution < -0.4 is 5.32 Å². The second-order valence-corrected chi connectivity index (χ2v) is 7.29. The van der Waals surface area contributed by atoms with Crippen molar-refractivity contribution in [3.05, 3.63) is 71.5 Å². The second kappa shape index (κ2) is 6.64. The molecule has 1 aromatic carbocycles. The lowest BCUT2D eigenvalue weighted by Crippen LogP contribution is -2.14. The van der Waals surface area contributed by atoms with Crippen molar-refractivity contribution >= 4 is 27.2 Å². The van der Waals surface area contributed by atoms with Crippen LogP contribution in [-0.2, 0) is 0 Å². The number of nitrogens with one attached hydrogen (secondary N) is 2. The predicted octanol–water partition coefficient (Wildman–Crippen LogP) is 4.74. The van der Waals surface area contributed by atoms with E-state index in [1.54, 1.807) is 23.7 Å². The van der Waals surface area contributed by atoms with Crippen molar-refractivity contribution in [3.63, 3.8) is 0 Å². The highest BCUT2D eigenvalue weighted by molar-refractivity contribution is 7.18. The van der Waals surface area contributed by atoms with Crippen LogP contribution in [0.2, 0.25) is 0 Å². The number of aromatic amines is 1. The SMILES string of the molecule is CC(C)c1nc2ccc(NC(c3cccnc3)c3ncc[nH]3)cc2s1. The van der Waals surface area contributed by atoms with Gasteiger partial charge in [-0.15, -0.1) is 11.3 Å². The Bertz CT molecular complexity index is 960. The summed E-state index contributed by atoms with van der Waals surface area (Å²) in [4.78, 5) is 16.6. The van der Waals surface area contributed by atoms with Crippen LogP contribution in [0.15, 0.2) is 55.1 Å². The molecule has 0 aliphatic carbocycles. The Morgan fingerprint density at radius 2 is 2.08 bits per heavy atom. The first-order valence-corrected chi connectivity index (χ1v) is 9.08. The maximum atomic E-state index is 4.70.